The second kappa shape index (κ2) is 5.74. The summed E-state index contributed by atoms with van der Waals surface area (Å²) in [4.78, 5) is 11.7. The molecule has 0 radical (unpaired) electrons. The molecule has 1 unspecified atom stereocenters. The van der Waals surface area contributed by atoms with Crippen LogP contribution in [0.3, 0.4) is 0 Å². The lowest BCUT2D eigenvalue weighted by Gasteiger charge is -2.19. The Morgan fingerprint density at radius 2 is 2.00 bits per heavy atom. The molecule has 0 aromatic heterocycles. The third-order valence-electron chi connectivity index (χ3n) is 3.46. The Morgan fingerprint density at radius 3 is 2.53 bits per heavy atom. The monoisotopic (exact) mass is 262 g/mol. The van der Waals surface area contributed by atoms with Crippen LogP contribution in [0, 0.1) is 5.92 Å². The molecule has 1 aliphatic heterocycles. The summed E-state index contributed by atoms with van der Waals surface area (Å²) in [6.45, 7) is 8.06. The maximum Gasteiger partial charge on any atom is 0.311 e. The van der Waals surface area contributed by atoms with Gasteiger partial charge in [0.2, 0.25) is 0 Å². The molecular weight excluding hydrogens is 240 g/mol. The maximum absolute atomic E-state index is 11.7. The first-order chi connectivity index (χ1) is 8.97. The predicted molar refractivity (Wildman–Crippen MR) is 73.9 cm³/mol. The fourth-order valence-corrected chi connectivity index (χ4v) is 2.09. The molecule has 1 atom stereocenters. The summed E-state index contributed by atoms with van der Waals surface area (Å²) >= 11 is 0. The Morgan fingerprint density at radius 1 is 1.32 bits per heavy atom. The van der Waals surface area contributed by atoms with Crippen LogP contribution in [-0.4, -0.2) is 19.2 Å². The Labute approximate surface area is 114 Å². The fourth-order valence-electron chi connectivity index (χ4n) is 2.09. The molecule has 0 aliphatic carbocycles. The topological polar surface area (TPSA) is 35.5 Å². The molecule has 0 amide bonds. The van der Waals surface area contributed by atoms with E-state index in [9.17, 15) is 4.79 Å². The van der Waals surface area contributed by atoms with Crippen LogP contribution < -0.4 is 0 Å². The van der Waals surface area contributed by atoms with Gasteiger partial charge in [-0.3, -0.25) is 4.79 Å². The summed E-state index contributed by atoms with van der Waals surface area (Å²) in [7, 11) is 0. The number of ether oxygens (including phenoxy) is 2. The number of esters is 1. The van der Waals surface area contributed by atoms with E-state index in [1.807, 2.05) is 12.1 Å². The quantitative estimate of drug-likeness (QED) is 0.785. The molecule has 104 valence electrons. The van der Waals surface area contributed by atoms with Gasteiger partial charge in [0.15, 0.2) is 0 Å². The lowest BCUT2D eigenvalue weighted by molar-refractivity contribution is -0.149. The first kappa shape index (κ1) is 14.1. The molecule has 19 heavy (non-hydrogen) atoms. The van der Waals surface area contributed by atoms with Crippen LogP contribution in [0.2, 0.25) is 0 Å². The van der Waals surface area contributed by atoms with E-state index in [2.05, 4.69) is 32.9 Å². The first-order valence-corrected chi connectivity index (χ1v) is 6.80. The van der Waals surface area contributed by atoms with Crippen molar-refractivity contribution in [2.45, 2.75) is 39.2 Å². The zero-order valence-electron chi connectivity index (χ0n) is 11.9. The number of rotatable bonds is 3. The fraction of sp³-hybridized carbons (Fsp3) is 0.562. The zero-order chi connectivity index (χ0) is 13.9. The van der Waals surface area contributed by atoms with E-state index in [1.165, 1.54) is 5.56 Å². The van der Waals surface area contributed by atoms with Gasteiger partial charge in [-0.05, 0) is 23.0 Å². The van der Waals surface area contributed by atoms with Crippen molar-refractivity contribution in [2.24, 2.45) is 5.92 Å². The highest BCUT2D eigenvalue weighted by molar-refractivity contribution is 5.72. The minimum Gasteiger partial charge on any atom is -0.461 e. The van der Waals surface area contributed by atoms with Gasteiger partial charge in [-0.1, -0.05) is 45.0 Å². The van der Waals surface area contributed by atoms with Gasteiger partial charge >= 0.3 is 5.97 Å². The Kier molecular flexibility index (Phi) is 4.25. The smallest absolute Gasteiger partial charge is 0.311 e. The number of benzene rings is 1. The lowest BCUT2D eigenvalue weighted by Crippen LogP contribution is -2.17. The number of hydrogen-bond acceptors (Lipinski definition) is 3. The minimum atomic E-state index is -0.141. The molecule has 1 aromatic rings. The van der Waals surface area contributed by atoms with E-state index in [-0.39, 0.29) is 17.3 Å². The van der Waals surface area contributed by atoms with Gasteiger partial charge in [0.05, 0.1) is 12.5 Å². The minimum absolute atomic E-state index is 0.0751. The molecule has 0 bridgehead atoms. The summed E-state index contributed by atoms with van der Waals surface area (Å²) in [6.07, 6.45) is 0.780. The molecule has 1 saturated heterocycles. The molecule has 3 heteroatoms. The van der Waals surface area contributed by atoms with E-state index in [0.29, 0.717) is 19.8 Å². The first-order valence-electron chi connectivity index (χ1n) is 6.80. The molecule has 0 N–H and O–H groups in total. The van der Waals surface area contributed by atoms with Crippen LogP contribution in [0.25, 0.3) is 0 Å². The highest BCUT2D eigenvalue weighted by atomic mass is 16.5. The average Bonchev–Trinajstić information content (AvgIpc) is 2.89. The second-order valence-electron chi connectivity index (χ2n) is 6.12. The van der Waals surface area contributed by atoms with Crippen LogP contribution >= 0.6 is 0 Å². The zero-order valence-corrected chi connectivity index (χ0v) is 11.9. The van der Waals surface area contributed by atoms with Crippen LogP contribution in [0.1, 0.15) is 38.3 Å². The van der Waals surface area contributed by atoms with E-state index in [1.54, 1.807) is 0 Å². The molecule has 1 aliphatic rings. The van der Waals surface area contributed by atoms with Crippen molar-refractivity contribution in [3.05, 3.63) is 35.4 Å². The third kappa shape index (κ3) is 3.80. The van der Waals surface area contributed by atoms with E-state index >= 15 is 0 Å². The molecule has 0 saturated carbocycles. The van der Waals surface area contributed by atoms with Crippen molar-refractivity contribution >= 4 is 5.97 Å². The summed E-state index contributed by atoms with van der Waals surface area (Å²) in [5, 5.41) is 0. The van der Waals surface area contributed by atoms with Crippen molar-refractivity contribution in [3.63, 3.8) is 0 Å². The highest BCUT2D eigenvalue weighted by Crippen LogP contribution is 2.22. The average molecular weight is 262 g/mol. The van der Waals surface area contributed by atoms with Gasteiger partial charge in [-0.2, -0.15) is 0 Å². The van der Waals surface area contributed by atoms with E-state index in [0.717, 1.165) is 12.0 Å². The van der Waals surface area contributed by atoms with Crippen LogP contribution in [0.5, 0.6) is 0 Å². The molecule has 1 aromatic carbocycles. The van der Waals surface area contributed by atoms with Gasteiger partial charge < -0.3 is 9.47 Å². The molecule has 1 fully saturated rings. The summed E-state index contributed by atoms with van der Waals surface area (Å²) in [5.41, 5.74) is 2.46. The van der Waals surface area contributed by atoms with E-state index in [4.69, 9.17) is 9.47 Å². The summed E-state index contributed by atoms with van der Waals surface area (Å²) < 4.78 is 10.5. The Bertz CT molecular complexity index is 422. The van der Waals surface area contributed by atoms with Crippen molar-refractivity contribution in [1.29, 1.82) is 0 Å². The van der Waals surface area contributed by atoms with Gasteiger partial charge in [0.25, 0.3) is 0 Å². The SMILES string of the molecule is CC(C)(C)c1ccc(COC(=O)C2CCOC2)cc1. The van der Waals surface area contributed by atoms with Crippen LogP contribution in [0.15, 0.2) is 24.3 Å². The third-order valence-corrected chi connectivity index (χ3v) is 3.46. The van der Waals surface area contributed by atoms with Crippen LogP contribution in [0.4, 0.5) is 0 Å². The predicted octanol–water partition coefficient (Wildman–Crippen LogP) is 3.06. The highest BCUT2D eigenvalue weighted by Gasteiger charge is 2.24. The Hall–Kier alpha value is -1.35. The number of carbonyl (C=O) groups excluding carboxylic acids is 1. The van der Waals surface area contributed by atoms with Crippen molar-refractivity contribution < 1.29 is 14.3 Å². The normalized spacial score (nSPS) is 19.4. The van der Waals surface area contributed by atoms with Gasteiger partial charge in [-0.15, -0.1) is 0 Å². The van der Waals surface area contributed by atoms with Gasteiger partial charge in [0.1, 0.15) is 6.61 Å². The van der Waals surface area contributed by atoms with Gasteiger partial charge in [0, 0.05) is 6.61 Å². The largest absolute Gasteiger partial charge is 0.461 e. The number of hydrogen-bond donors (Lipinski definition) is 0. The van der Waals surface area contributed by atoms with E-state index < -0.39 is 0 Å². The molecule has 2 rings (SSSR count). The van der Waals surface area contributed by atoms with Gasteiger partial charge in [-0.25, -0.2) is 0 Å². The van der Waals surface area contributed by atoms with Crippen LogP contribution in [-0.2, 0) is 26.3 Å². The van der Waals surface area contributed by atoms with Crippen molar-refractivity contribution in [2.75, 3.05) is 13.2 Å². The second-order valence-corrected chi connectivity index (χ2v) is 6.12. The summed E-state index contributed by atoms with van der Waals surface area (Å²) in [5.74, 6) is -0.216. The molecule has 3 nitrogen and oxygen atoms in total. The van der Waals surface area contributed by atoms with Crippen molar-refractivity contribution in [3.8, 4) is 0 Å². The standard InChI is InChI=1S/C16H22O3/c1-16(2,3)14-6-4-12(5-7-14)10-19-15(17)13-8-9-18-11-13/h4-7,13H,8-11H2,1-3H3. The maximum atomic E-state index is 11.7. The Balaban J connectivity index is 1.87. The lowest BCUT2D eigenvalue weighted by atomic mass is 9.87. The molecule has 0 spiro atoms. The molecule has 1 heterocycles. The molecular formula is C16H22O3. The number of carbonyl (C=O) groups is 1. The van der Waals surface area contributed by atoms with Crippen molar-refractivity contribution in [1.82, 2.24) is 0 Å². The summed E-state index contributed by atoms with van der Waals surface area (Å²) in [6, 6.07) is 8.25.